The Morgan fingerprint density at radius 2 is 1.09 bits per heavy atom. The Kier molecular flexibility index (Phi) is 13.3. The molecule has 0 unspecified atom stereocenters. The van der Waals surface area contributed by atoms with Crippen molar-refractivity contribution >= 4 is 62.9 Å². The van der Waals surface area contributed by atoms with Gasteiger partial charge in [-0.3, -0.25) is 4.79 Å². The van der Waals surface area contributed by atoms with Gasteiger partial charge in [-0.1, -0.05) is 60.1 Å². The standard InChI is InChI=1S/C43H46ClN3O9/c1-42(2,3)55-40(50)45-18-11-20-52-35-24-29-14-9-7-12-27(29)22-32(35)38(48)47-34-17-16-31(44)26-37(34)54-39(49)33-23-28-13-8-10-15-30(28)25-36(33)53-21-19-46-41(51)56-43(4,5)6/h7-10,12-17,22-26H,11,18-21H2,1-6H3,(H,45,50)(H,46,51)(H,47,48). The van der Waals surface area contributed by atoms with Gasteiger partial charge in [-0.2, -0.15) is 0 Å². The number of alkyl carbamates (subject to hydrolysis) is 2. The van der Waals surface area contributed by atoms with Crippen LogP contribution in [0.1, 0.15) is 68.7 Å². The lowest BCUT2D eigenvalue weighted by molar-refractivity contribution is 0.0511. The van der Waals surface area contributed by atoms with Gasteiger partial charge in [0.05, 0.1) is 24.4 Å². The Morgan fingerprint density at radius 3 is 1.66 bits per heavy atom. The number of rotatable bonds is 13. The fraction of sp³-hybridized carbons (Fsp3) is 0.302. The van der Waals surface area contributed by atoms with Gasteiger partial charge in [0.2, 0.25) is 0 Å². The summed E-state index contributed by atoms with van der Waals surface area (Å²) < 4.78 is 28.5. The highest BCUT2D eigenvalue weighted by Crippen LogP contribution is 2.34. The van der Waals surface area contributed by atoms with Crippen molar-refractivity contribution in [3.8, 4) is 17.2 Å². The van der Waals surface area contributed by atoms with Gasteiger partial charge in [-0.25, -0.2) is 14.4 Å². The van der Waals surface area contributed by atoms with E-state index in [0.717, 1.165) is 21.5 Å². The second-order valence-electron chi connectivity index (χ2n) is 14.8. The summed E-state index contributed by atoms with van der Waals surface area (Å²) in [6.07, 6.45) is -0.671. The monoisotopic (exact) mass is 783 g/mol. The van der Waals surface area contributed by atoms with E-state index >= 15 is 0 Å². The summed E-state index contributed by atoms with van der Waals surface area (Å²) in [4.78, 5) is 52.0. The zero-order valence-electron chi connectivity index (χ0n) is 32.2. The van der Waals surface area contributed by atoms with Crippen LogP contribution in [-0.4, -0.2) is 61.6 Å². The van der Waals surface area contributed by atoms with Crippen LogP contribution in [0.15, 0.2) is 91.0 Å². The lowest BCUT2D eigenvalue weighted by Crippen LogP contribution is -2.34. The number of amides is 3. The molecule has 56 heavy (non-hydrogen) atoms. The summed E-state index contributed by atoms with van der Waals surface area (Å²) >= 11 is 6.36. The lowest BCUT2D eigenvalue weighted by atomic mass is 10.0. The molecule has 5 aromatic carbocycles. The molecule has 0 bridgehead atoms. The topological polar surface area (TPSA) is 151 Å². The highest BCUT2D eigenvalue weighted by molar-refractivity contribution is 6.31. The molecule has 0 aliphatic heterocycles. The van der Waals surface area contributed by atoms with Crippen molar-refractivity contribution in [1.82, 2.24) is 10.6 Å². The molecule has 12 nitrogen and oxygen atoms in total. The summed E-state index contributed by atoms with van der Waals surface area (Å²) in [5.41, 5.74) is -0.745. The molecule has 5 rings (SSSR count). The number of hydrogen-bond donors (Lipinski definition) is 3. The van der Waals surface area contributed by atoms with Crippen LogP contribution in [0.3, 0.4) is 0 Å². The predicted octanol–water partition coefficient (Wildman–Crippen LogP) is 9.32. The van der Waals surface area contributed by atoms with Gasteiger partial charge < -0.3 is 39.6 Å². The minimum Gasteiger partial charge on any atom is -0.493 e. The van der Waals surface area contributed by atoms with E-state index in [1.54, 1.807) is 71.9 Å². The van der Waals surface area contributed by atoms with Crippen LogP contribution in [0.2, 0.25) is 5.02 Å². The number of esters is 1. The van der Waals surface area contributed by atoms with Crippen molar-refractivity contribution in [2.24, 2.45) is 0 Å². The first-order chi connectivity index (χ1) is 26.5. The van der Waals surface area contributed by atoms with Gasteiger partial charge in [0.25, 0.3) is 5.91 Å². The van der Waals surface area contributed by atoms with Gasteiger partial charge in [-0.15, -0.1) is 0 Å². The molecular weight excluding hydrogens is 738 g/mol. The number of benzene rings is 5. The quantitative estimate of drug-likeness (QED) is 0.0603. The molecule has 13 heteroatoms. The SMILES string of the molecule is CC(C)(C)OC(=O)NCCCOc1cc2ccccc2cc1C(=O)Nc1ccc(Cl)cc1OC(=O)c1cc2ccccc2cc1OCCNC(=O)OC(C)(C)C. The van der Waals surface area contributed by atoms with Crippen molar-refractivity contribution in [3.63, 3.8) is 0 Å². The molecule has 0 aromatic heterocycles. The second kappa shape index (κ2) is 18.1. The minimum absolute atomic E-state index is 0.00183. The van der Waals surface area contributed by atoms with Crippen molar-refractivity contribution < 1.29 is 42.9 Å². The van der Waals surface area contributed by atoms with Gasteiger partial charge >= 0.3 is 18.2 Å². The van der Waals surface area contributed by atoms with Crippen LogP contribution in [0, 0.1) is 0 Å². The maximum Gasteiger partial charge on any atom is 0.407 e. The van der Waals surface area contributed by atoms with Crippen LogP contribution >= 0.6 is 11.6 Å². The van der Waals surface area contributed by atoms with Crippen molar-refractivity contribution in [2.45, 2.75) is 59.2 Å². The molecule has 0 atom stereocenters. The first-order valence-corrected chi connectivity index (χ1v) is 18.5. The first-order valence-electron chi connectivity index (χ1n) is 18.1. The molecule has 5 aromatic rings. The molecule has 0 fully saturated rings. The molecular formula is C43H46ClN3O9. The highest BCUT2D eigenvalue weighted by atomic mass is 35.5. The average Bonchev–Trinajstić information content (AvgIpc) is 3.12. The molecule has 294 valence electrons. The Labute approximate surface area is 330 Å². The van der Waals surface area contributed by atoms with E-state index in [0.29, 0.717) is 18.7 Å². The van der Waals surface area contributed by atoms with Crippen LogP contribution in [0.4, 0.5) is 15.3 Å². The number of halogens is 1. The van der Waals surface area contributed by atoms with Crippen molar-refractivity contribution in [3.05, 3.63) is 107 Å². The summed E-state index contributed by atoms with van der Waals surface area (Å²) in [5.74, 6) is -0.738. The zero-order valence-corrected chi connectivity index (χ0v) is 33.0. The Morgan fingerprint density at radius 1 is 0.589 bits per heavy atom. The normalized spacial score (nSPS) is 11.4. The molecule has 0 spiro atoms. The van der Waals surface area contributed by atoms with E-state index in [1.807, 2.05) is 48.5 Å². The minimum atomic E-state index is -0.765. The number of anilines is 1. The van der Waals surface area contributed by atoms with Crippen molar-refractivity contribution in [2.75, 3.05) is 31.6 Å². The lowest BCUT2D eigenvalue weighted by Gasteiger charge is -2.20. The number of nitrogens with one attached hydrogen (secondary N) is 3. The Balaban J connectivity index is 1.33. The Bertz CT molecular complexity index is 2230. The molecule has 0 saturated carbocycles. The van der Waals surface area contributed by atoms with Crippen LogP contribution in [0.25, 0.3) is 21.5 Å². The van der Waals surface area contributed by atoms with E-state index in [1.165, 1.54) is 12.1 Å². The fourth-order valence-corrected chi connectivity index (χ4v) is 5.59. The zero-order chi connectivity index (χ0) is 40.5. The van der Waals surface area contributed by atoms with E-state index < -0.39 is 35.3 Å². The predicted molar refractivity (Wildman–Crippen MR) is 216 cm³/mol. The maximum atomic E-state index is 14.0. The maximum absolute atomic E-state index is 14.0. The number of carbonyl (C=O) groups is 4. The molecule has 0 aliphatic rings. The smallest absolute Gasteiger partial charge is 0.407 e. The van der Waals surface area contributed by atoms with Crippen LogP contribution in [0.5, 0.6) is 17.2 Å². The highest BCUT2D eigenvalue weighted by Gasteiger charge is 2.22. The molecule has 0 heterocycles. The number of hydrogen-bond acceptors (Lipinski definition) is 9. The van der Waals surface area contributed by atoms with E-state index in [-0.39, 0.29) is 53.1 Å². The third-order valence-electron chi connectivity index (χ3n) is 7.83. The summed E-state index contributed by atoms with van der Waals surface area (Å²) in [7, 11) is 0. The first kappa shape index (κ1) is 41.2. The third kappa shape index (κ3) is 12.0. The van der Waals surface area contributed by atoms with Crippen molar-refractivity contribution in [1.29, 1.82) is 0 Å². The van der Waals surface area contributed by atoms with E-state index in [4.69, 9.17) is 35.3 Å². The molecule has 3 N–H and O–H groups in total. The molecule has 0 radical (unpaired) electrons. The summed E-state index contributed by atoms with van der Waals surface area (Å²) in [5, 5.41) is 11.7. The average molecular weight is 784 g/mol. The second-order valence-corrected chi connectivity index (χ2v) is 15.2. The molecule has 0 aliphatic carbocycles. The summed E-state index contributed by atoms with van der Waals surface area (Å²) in [6.45, 7) is 11.3. The number of carbonyl (C=O) groups excluding carboxylic acids is 4. The van der Waals surface area contributed by atoms with E-state index in [2.05, 4.69) is 16.0 Å². The van der Waals surface area contributed by atoms with E-state index in [9.17, 15) is 19.2 Å². The molecule has 0 saturated heterocycles. The largest absolute Gasteiger partial charge is 0.493 e. The number of fused-ring (bicyclic) bond motifs is 2. The van der Waals surface area contributed by atoms with Gasteiger partial charge in [0.1, 0.15) is 34.9 Å². The third-order valence-corrected chi connectivity index (χ3v) is 8.06. The fourth-order valence-electron chi connectivity index (χ4n) is 5.43. The number of ether oxygens (including phenoxy) is 5. The Hall–Kier alpha value is -6.01. The van der Waals surface area contributed by atoms with Gasteiger partial charge in [-0.05, 0) is 106 Å². The van der Waals surface area contributed by atoms with Gasteiger partial charge in [0, 0.05) is 17.6 Å². The van der Waals surface area contributed by atoms with Crippen LogP contribution in [-0.2, 0) is 9.47 Å². The molecule has 3 amide bonds. The summed E-state index contributed by atoms with van der Waals surface area (Å²) in [6, 6.07) is 26.4. The van der Waals surface area contributed by atoms with Crippen LogP contribution < -0.4 is 30.2 Å². The van der Waals surface area contributed by atoms with Gasteiger partial charge in [0.15, 0.2) is 5.75 Å².